The Morgan fingerprint density at radius 1 is 0.629 bits per heavy atom. The Hall–Kier alpha value is -2.20. The summed E-state index contributed by atoms with van der Waals surface area (Å²) in [5.74, 6) is -0.597. The van der Waals surface area contributed by atoms with Gasteiger partial charge in [-0.25, -0.2) is 9.97 Å². The van der Waals surface area contributed by atoms with E-state index in [4.69, 9.17) is 0 Å². The number of carbonyl (C=O) groups excluding carboxylic acids is 2. The first-order valence-electron chi connectivity index (χ1n) is 10.1. The zero-order valence-electron chi connectivity index (χ0n) is 17.6. The number of amides is 2. The molecule has 174 valence electrons. The van der Waals surface area contributed by atoms with Crippen LogP contribution in [0.3, 0.4) is 0 Å². The second kappa shape index (κ2) is 10.8. The molecule has 2 aromatic carbocycles. The minimum absolute atomic E-state index is 0.298. The second-order valence-corrected chi connectivity index (χ2v) is 12.5. The third-order valence-electron chi connectivity index (χ3n) is 4.78. The summed E-state index contributed by atoms with van der Waals surface area (Å²) in [5, 5.41) is 10.5. The van der Waals surface area contributed by atoms with Gasteiger partial charge in [0.25, 0.3) is 11.8 Å². The van der Waals surface area contributed by atoms with Crippen LogP contribution in [0.15, 0.2) is 71.4 Å². The standard InChI is InChI=1S/C24H14I2N4O2S3/c25-15-5-1-13(2-6-15)17-11-33-23(27-17)29-21(31)19-9-10-20(35-19)22(32)30-24-28-18(12-34-24)14-3-7-16(26)8-4-14/h1-12H,(H,27,29,31)(H,28,30,32). The molecule has 0 fully saturated rings. The van der Waals surface area contributed by atoms with Crippen molar-refractivity contribution in [3.63, 3.8) is 0 Å². The summed E-state index contributed by atoms with van der Waals surface area (Å²) in [6, 6.07) is 19.3. The highest BCUT2D eigenvalue weighted by atomic mass is 127. The molecule has 0 aliphatic heterocycles. The predicted molar refractivity (Wildman–Crippen MR) is 161 cm³/mol. The van der Waals surface area contributed by atoms with Crippen LogP contribution >= 0.6 is 79.2 Å². The van der Waals surface area contributed by atoms with E-state index in [1.54, 1.807) is 12.1 Å². The number of hydrogen-bond acceptors (Lipinski definition) is 7. The Morgan fingerprint density at radius 2 is 1.03 bits per heavy atom. The lowest BCUT2D eigenvalue weighted by atomic mass is 10.2. The Morgan fingerprint density at radius 3 is 1.43 bits per heavy atom. The molecule has 0 radical (unpaired) electrons. The van der Waals surface area contributed by atoms with E-state index in [1.807, 2.05) is 59.3 Å². The average molecular weight is 740 g/mol. The minimum atomic E-state index is -0.298. The molecule has 0 saturated heterocycles. The fourth-order valence-corrected chi connectivity index (χ4v) is 6.01. The van der Waals surface area contributed by atoms with Crippen molar-refractivity contribution in [3.8, 4) is 22.5 Å². The second-order valence-electron chi connectivity index (χ2n) is 7.16. The number of nitrogens with zero attached hydrogens (tertiary/aromatic N) is 2. The molecule has 0 bridgehead atoms. The van der Waals surface area contributed by atoms with Gasteiger partial charge in [-0.2, -0.15) is 0 Å². The lowest BCUT2D eigenvalue weighted by Crippen LogP contribution is -2.11. The molecule has 6 nitrogen and oxygen atoms in total. The molecule has 0 spiro atoms. The number of benzene rings is 2. The first-order valence-corrected chi connectivity index (χ1v) is 14.8. The van der Waals surface area contributed by atoms with Crippen LogP contribution in [0.1, 0.15) is 19.3 Å². The molecule has 0 atom stereocenters. The lowest BCUT2D eigenvalue weighted by molar-refractivity contribution is 0.102. The van der Waals surface area contributed by atoms with E-state index >= 15 is 0 Å². The maximum absolute atomic E-state index is 12.7. The zero-order valence-corrected chi connectivity index (χ0v) is 24.4. The Balaban J connectivity index is 1.22. The monoisotopic (exact) mass is 740 g/mol. The van der Waals surface area contributed by atoms with Crippen LogP contribution in [-0.2, 0) is 0 Å². The summed E-state index contributed by atoms with van der Waals surface area (Å²) in [5.41, 5.74) is 3.59. The molecular formula is C24H14I2N4O2S3. The molecule has 3 heterocycles. The van der Waals surface area contributed by atoms with Crippen LogP contribution in [0.2, 0.25) is 0 Å². The van der Waals surface area contributed by atoms with Crippen molar-refractivity contribution in [2.24, 2.45) is 0 Å². The molecule has 5 aromatic rings. The van der Waals surface area contributed by atoms with Crippen molar-refractivity contribution in [3.05, 3.63) is 88.3 Å². The van der Waals surface area contributed by atoms with Crippen LogP contribution in [0, 0.1) is 7.14 Å². The van der Waals surface area contributed by atoms with Crippen molar-refractivity contribution >= 4 is 101 Å². The quantitative estimate of drug-likeness (QED) is 0.175. The first kappa shape index (κ1) is 24.5. The summed E-state index contributed by atoms with van der Waals surface area (Å²) in [4.78, 5) is 35.3. The highest BCUT2D eigenvalue weighted by Gasteiger charge is 2.17. The zero-order chi connectivity index (χ0) is 24.4. The third kappa shape index (κ3) is 5.97. The van der Waals surface area contributed by atoms with E-state index in [0.29, 0.717) is 20.0 Å². The topological polar surface area (TPSA) is 84.0 Å². The van der Waals surface area contributed by atoms with Gasteiger partial charge in [0.15, 0.2) is 10.3 Å². The highest BCUT2D eigenvalue weighted by molar-refractivity contribution is 14.1. The van der Waals surface area contributed by atoms with Crippen LogP contribution in [0.4, 0.5) is 10.3 Å². The van der Waals surface area contributed by atoms with E-state index in [2.05, 4.69) is 65.8 Å². The first-order chi connectivity index (χ1) is 16.9. The fraction of sp³-hybridized carbons (Fsp3) is 0. The van der Waals surface area contributed by atoms with Crippen molar-refractivity contribution in [2.75, 3.05) is 10.6 Å². The van der Waals surface area contributed by atoms with Crippen LogP contribution in [-0.4, -0.2) is 21.8 Å². The van der Waals surface area contributed by atoms with E-state index in [-0.39, 0.29) is 11.8 Å². The SMILES string of the molecule is O=C(Nc1nc(-c2ccc(I)cc2)cs1)c1ccc(C(=O)Nc2nc(-c3ccc(I)cc3)cs2)s1. The number of nitrogens with one attached hydrogen (secondary N) is 2. The summed E-state index contributed by atoms with van der Waals surface area (Å²) in [7, 11) is 0. The Bertz CT molecular complexity index is 1400. The summed E-state index contributed by atoms with van der Waals surface area (Å²) in [6.07, 6.45) is 0. The van der Waals surface area contributed by atoms with Gasteiger partial charge < -0.3 is 0 Å². The third-order valence-corrected chi connectivity index (χ3v) is 8.82. The number of halogens is 2. The van der Waals surface area contributed by atoms with Crippen molar-refractivity contribution in [1.29, 1.82) is 0 Å². The van der Waals surface area contributed by atoms with E-state index < -0.39 is 0 Å². The molecule has 5 rings (SSSR count). The molecule has 0 saturated carbocycles. The molecule has 0 aliphatic carbocycles. The number of anilines is 2. The van der Waals surface area contributed by atoms with Crippen molar-refractivity contribution in [2.45, 2.75) is 0 Å². The predicted octanol–water partition coefficient (Wildman–Crippen LogP) is 7.71. The van der Waals surface area contributed by atoms with E-state index in [9.17, 15) is 9.59 Å². The fourth-order valence-electron chi connectivity index (χ4n) is 3.07. The van der Waals surface area contributed by atoms with Gasteiger partial charge in [0.1, 0.15) is 0 Å². The molecule has 11 heteroatoms. The van der Waals surface area contributed by atoms with Crippen LogP contribution < -0.4 is 10.6 Å². The van der Waals surface area contributed by atoms with Gasteiger partial charge in [-0.05, 0) is 81.6 Å². The van der Waals surface area contributed by atoms with Crippen molar-refractivity contribution in [1.82, 2.24) is 9.97 Å². The lowest BCUT2D eigenvalue weighted by Gasteiger charge is -2.00. The molecule has 2 amide bonds. The van der Waals surface area contributed by atoms with Gasteiger partial charge in [-0.1, -0.05) is 24.3 Å². The van der Waals surface area contributed by atoms with Crippen LogP contribution in [0.5, 0.6) is 0 Å². The van der Waals surface area contributed by atoms with E-state index in [0.717, 1.165) is 41.0 Å². The minimum Gasteiger partial charge on any atom is -0.297 e. The number of aromatic nitrogens is 2. The van der Waals surface area contributed by atoms with Gasteiger partial charge in [0, 0.05) is 29.0 Å². The van der Waals surface area contributed by atoms with Gasteiger partial charge in [0.05, 0.1) is 21.1 Å². The maximum atomic E-state index is 12.7. The van der Waals surface area contributed by atoms with Gasteiger partial charge in [0.2, 0.25) is 0 Å². The molecular weight excluding hydrogens is 726 g/mol. The molecule has 3 aromatic heterocycles. The number of carbonyl (C=O) groups is 2. The largest absolute Gasteiger partial charge is 0.297 e. The summed E-state index contributed by atoms with van der Waals surface area (Å²) in [6.45, 7) is 0. The van der Waals surface area contributed by atoms with Crippen molar-refractivity contribution < 1.29 is 9.59 Å². The number of hydrogen-bond donors (Lipinski definition) is 2. The molecule has 0 aliphatic rings. The number of thiazole rings is 2. The number of thiophene rings is 1. The maximum Gasteiger partial charge on any atom is 0.267 e. The smallest absolute Gasteiger partial charge is 0.267 e. The van der Waals surface area contributed by atoms with Gasteiger partial charge in [-0.3, -0.25) is 20.2 Å². The van der Waals surface area contributed by atoms with Crippen LogP contribution in [0.25, 0.3) is 22.5 Å². The summed E-state index contributed by atoms with van der Waals surface area (Å²) < 4.78 is 2.29. The van der Waals surface area contributed by atoms with E-state index in [1.165, 1.54) is 22.7 Å². The van der Waals surface area contributed by atoms with Gasteiger partial charge in [-0.15, -0.1) is 34.0 Å². The molecule has 2 N–H and O–H groups in total. The average Bonchev–Trinajstić information content (AvgIpc) is 3.61. The normalized spacial score (nSPS) is 10.8. The molecule has 0 unspecified atom stereocenters. The Kier molecular flexibility index (Phi) is 7.57. The molecule has 35 heavy (non-hydrogen) atoms. The number of rotatable bonds is 6. The summed E-state index contributed by atoms with van der Waals surface area (Å²) >= 11 is 8.36. The van der Waals surface area contributed by atoms with Gasteiger partial charge >= 0.3 is 0 Å². The highest BCUT2D eigenvalue weighted by Crippen LogP contribution is 2.28. The Labute approximate surface area is 240 Å².